The highest BCUT2D eigenvalue weighted by atomic mass is 35.5. The zero-order valence-electron chi connectivity index (χ0n) is 20.3. The van der Waals surface area contributed by atoms with Gasteiger partial charge in [-0.25, -0.2) is 9.59 Å². The maximum absolute atomic E-state index is 11.7. The number of hydrogen-bond donors (Lipinski definition) is 3. The lowest BCUT2D eigenvalue weighted by molar-refractivity contribution is 0.0600. The monoisotopic (exact) mass is 546 g/mol. The van der Waals surface area contributed by atoms with Crippen molar-refractivity contribution < 1.29 is 34.1 Å². The van der Waals surface area contributed by atoms with Crippen molar-refractivity contribution in [2.45, 2.75) is 0 Å². The molecule has 3 aromatic rings. The molecule has 0 heterocycles. The minimum atomic E-state index is -1.37. The SMILES string of the molecule is CN(C)C(=O)c1cc(O)c(C(=O)O)cc1C=O.CNc1cc(-c2ccc(Cl)cc2Cl)ccc1C(=O)OC. The van der Waals surface area contributed by atoms with Gasteiger partial charge in [0.15, 0.2) is 6.29 Å². The van der Waals surface area contributed by atoms with Crippen molar-refractivity contribution in [1.82, 2.24) is 4.90 Å². The van der Waals surface area contributed by atoms with Gasteiger partial charge >= 0.3 is 11.9 Å². The average Bonchev–Trinajstić information content (AvgIpc) is 2.87. The van der Waals surface area contributed by atoms with Gasteiger partial charge in [0.2, 0.25) is 0 Å². The number of ether oxygens (including phenoxy) is 1. The number of aldehydes is 1. The fraction of sp³-hybridized carbons (Fsp3) is 0.154. The molecule has 0 aliphatic rings. The van der Waals surface area contributed by atoms with Crippen LogP contribution in [0.5, 0.6) is 5.75 Å². The number of phenols is 1. The first kappa shape index (κ1) is 29.2. The zero-order valence-corrected chi connectivity index (χ0v) is 21.8. The maximum atomic E-state index is 11.7. The van der Waals surface area contributed by atoms with Crippen molar-refractivity contribution in [3.63, 3.8) is 0 Å². The normalized spacial score (nSPS) is 10.0. The highest BCUT2D eigenvalue weighted by molar-refractivity contribution is 6.36. The van der Waals surface area contributed by atoms with Crippen LogP contribution in [0, 0.1) is 0 Å². The fourth-order valence-corrected chi connectivity index (χ4v) is 3.75. The third kappa shape index (κ3) is 6.99. The first-order valence-corrected chi connectivity index (χ1v) is 11.3. The van der Waals surface area contributed by atoms with Crippen LogP contribution < -0.4 is 5.32 Å². The van der Waals surface area contributed by atoms with Gasteiger partial charge < -0.3 is 25.2 Å². The summed E-state index contributed by atoms with van der Waals surface area (Å²) in [7, 11) is 6.07. The van der Waals surface area contributed by atoms with E-state index in [1.807, 2.05) is 18.2 Å². The number of carboxylic acids is 1. The van der Waals surface area contributed by atoms with E-state index in [0.29, 0.717) is 27.6 Å². The van der Waals surface area contributed by atoms with E-state index in [9.17, 15) is 24.3 Å². The number of carbonyl (C=O) groups excluding carboxylic acids is 3. The third-order valence-electron chi connectivity index (χ3n) is 5.10. The van der Waals surface area contributed by atoms with Crippen molar-refractivity contribution in [3.8, 4) is 16.9 Å². The van der Waals surface area contributed by atoms with E-state index < -0.39 is 23.2 Å². The summed E-state index contributed by atoms with van der Waals surface area (Å²) >= 11 is 12.1. The molecule has 0 radical (unpaired) electrons. The van der Waals surface area contributed by atoms with E-state index in [0.717, 1.165) is 23.3 Å². The molecule has 0 atom stereocenters. The Kier molecular flexibility index (Phi) is 10.0. The van der Waals surface area contributed by atoms with E-state index in [1.165, 1.54) is 26.1 Å². The first-order valence-electron chi connectivity index (χ1n) is 10.6. The van der Waals surface area contributed by atoms with Gasteiger partial charge in [-0.05, 0) is 42.0 Å². The third-order valence-corrected chi connectivity index (χ3v) is 5.65. The summed E-state index contributed by atoms with van der Waals surface area (Å²) in [6, 6.07) is 12.6. The molecule has 0 fully saturated rings. The van der Waals surface area contributed by atoms with Crippen molar-refractivity contribution >= 4 is 53.0 Å². The van der Waals surface area contributed by atoms with Crippen LogP contribution in [-0.2, 0) is 4.74 Å². The number of carboxylic acid groups (broad SMARTS) is 1. The number of anilines is 1. The van der Waals surface area contributed by atoms with Gasteiger partial charge in [0, 0.05) is 48.0 Å². The topological polar surface area (TPSA) is 133 Å². The lowest BCUT2D eigenvalue weighted by atomic mass is 10.0. The Balaban J connectivity index is 0.000000264. The van der Waals surface area contributed by atoms with E-state index >= 15 is 0 Å². The number of esters is 1. The summed E-state index contributed by atoms with van der Waals surface area (Å²) in [4.78, 5) is 46.1. The zero-order chi connectivity index (χ0) is 27.9. The molecule has 0 aliphatic carbocycles. The van der Waals surface area contributed by atoms with E-state index in [1.54, 1.807) is 25.2 Å². The van der Waals surface area contributed by atoms with Crippen molar-refractivity contribution in [2.75, 3.05) is 33.6 Å². The molecule has 37 heavy (non-hydrogen) atoms. The molecule has 3 N–H and O–H groups in total. The van der Waals surface area contributed by atoms with Crippen molar-refractivity contribution in [3.05, 3.63) is 80.8 Å². The molecule has 0 saturated heterocycles. The molecule has 0 unspecified atom stereocenters. The standard InChI is InChI=1S/C15H13Cl2NO2.C11H11NO5/c1-18-14-7-9(3-5-12(14)15(19)20-2)11-6-4-10(16)8-13(11)17;1-12(2)10(15)7-4-9(14)8(11(16)17)3-6(7)5-13/h3-8,18H,1-2H3;3-5,14H,1-2H3,(H,16,17). The van der Waals surface area contributed by atoms with Gasteiger partial charge in [0.05, 0.1) is 18.2 Å². The molecule has 0 aliphatic heterocycles. The number of methoxy groups -OCH3 is 1. The van der Waals surface area contributed by atoms with Gasteiger partial charge in [-0.2, -0.15) is 0 Å². The summed E-state index contributed by atoms with van der Waals surface area (Å²) < 4.78 is 4.74. The Morgan fingerprint density at radius 2 is 1.65 bits per heavy atom. The van der Waals surface area contributed by atoms with Gasteiger partial charge in [-0.15, -0.1) is 0 Å². The molecule has 0 bridgehead atoms. The molecule has 194 valence electrons. The predicted octanol–water partition coefficient (Wildman–Crippen LogP) is 5.09. The number of aromatic hydroxyl groups is 1. The average molecular weight is 547 g/mol. The van der Waals surface area contributed by atoms with Crippen molar-refractivity contribution in [2.24, 2.45) is 0 Å². The Morgan fingerprint density at radius 1 is 0.973 bits per heavy atom. The lowest BCUT2D eigenvalue weighted by Crippen LogP contribution is -2.23. The number of nitrogens with zero attached hydrogens (tertiary/aromatic N) is 1. The molecule has 3 rings (SSSR count). The van der Waals surface area contributed by atoms with Gasteiger partial charge in [0.25, 0.3) is 5.91 Å². The van der Waals surface area contributed by atoms with Crippen LogP contribution in [0.2, 0.25) is 10.0 Å². The molecule has 0 spiro atoms. The van der Waals surface area contributed by atoms with Crippen LogP contribution in [-0.4, -0.2) is 67.5 Å². The molecule has 0 aromatic heterocycles. The Labute approximate surface area is 223 Å². The summed E-state index contributed by atoms with van der Waals surface area (Å²) in [5.74, 6) is -2.79. The van der Waals surface area contributed by atoms with Gasteiger partial charge in [-0.3, -0.25) is 9.59 Å². The largest absolute Gasteiger partial charge is 0.507 e. The number of halogens is 2. The Morgan fingerprint density at radius 3 is 2.16 bits per heavy atom. The van der Waals surface area contributed by atoms with E-state index in [2.05, 4.69) is 5.32 Å². The lowest BCUT2D eigenvalue weighted by Gasteiger charge is -2.13. The number of hydrogen-bond acceptors (Lipinski definition) is 7. The summed E-state index contributed by atoms with van der Waals surface area (Å²) in [5.41, 5.74) is 2.38. The van der Waals surface area contributed by atoms with Crippen LogP contribution >= 0.6 is 23.2 Å². The second-order valence-corrected chi connectivity index (χ2v) is 8.55. The van der Waals surface area contributed by atoms with Crippen LogP contribution in [0.1, 0.15) is 41.4 Å². The molecular weight excluding hydrogens is 523 g/mol. The summed E-state index contributed by atoms with van der Waals surface area (Å²) in [6.07, 6.45) is 0.378. The number of benzene rings is 3. The van der Waals surface area contributed by atoms with Crippen molar-refractivity contribution in [1.29, 1.82) is 0 Å². The van der Waals surface area contributed by atoms with Gasteiger partial charge in [0.1, 0.15) is 11.3 Å². The molecule has 11 heteroatoms. The number of aromatic carboxylic acids is 1. The second kappa shape index (κ2) is 12.8. The van der Waals surface area contributed by atoms with Gasteiger partial charge in [-0.1, -0.05) is 35.3 Å². The number of rotatable bonds is 6. The number of amides is 1. The second-order valence-electron chi connectivity index (χ2n) is 7.71. The highest BCUT2D eigenvalue weighted by Crippen LogP contribution is 2.33. The van der Waals surface area contributed by atoms with Crippen LogP contribution in [0.15, 0.2) is 48.5 Å². The van der Waals surface area contributed by atoms with Crippen LogP contribution in [0.4, 0.5) is 5.69 Å². The fourth-order valence-electron chi connectivity index (χ4n) is 3.23. The Hall–Kier alpha value is -4.08. The smallest absolute Gasteiger partial charge is 0.339 e. The minimum Gasteiger partial charge on any atom is -0.507 e. The summed E-state index contributed by atoms with van der Waals surface area (Å²) in [5, 5.41) is 22.3. The molecule has 1 amide bonds. The number of nitrogens with one attached hydrogen (secondary N) is 1. The molecule has 0 saturated carbocycles. The van der Waals surface area contributed by atoms with Crippen LogP contribution in [0.3, 0.4) is 0 Å². The first-order chi connectivity index (χ1) is 17.4. The van der Waals surface area contributed by atoms with E-state index in [4.69, 9.17) is 33.0 Å². The Bertz CT molecular complexity index is 1360. The predicted molar refractivity (Wildman–Crippen MR) is 141 cm³/mol. The van der Waals surface area contributed by atoms with E-state index in [-0.39, 0.29) is 17.1 Å². The minimum absolute atomic E-state index is 0.0347. The quantitative estimate of drug-likeness (QED) is 0.287. The summed E-state index contributed by atoms with van der Waals surface area (Å²) in [6.45, 7) is 0. The molecule has 3 aromatic carbocycles. The molecular formula is C26H24Cl2N2O7. The maximum Gasteiger partial charge on any atom is 0.339 e. The van der Waals surface area contributed by atoms with Crippen LogP contribution in [0.25, 0.3) is 11.1 Å². The molecule has 9 nitrogen and oxygen atoms in total. The highest BCUT2D eigenvalue weighted by Gasteiger charge is 2.19. The number of carbonyl (C=O) groups is 4.